The third kappa shape index (κ3) is 5.45. The molecule has 0 aromatic carbocycles. The van der Waals surface area contributed by atoms with Gasteiger partial charge in [-0.15, -0.1) is 0 Å². The second-order valence-corrected chi connectivity index (χ2v) is 4.65. The van der Waals surface area contributed by atoms with Crippen molar-refractivity contribution in [1.29, 1.82) is 0 Å². The van der Waals surface area contributed by atoms with Crippen LogP contribution in [0.15, 0.2) is 12.3 Å². The summed E-state index contributed by atoms with van der Waals surface area (Å²) in [6, 6.07) is -0.0991. The van der Waals surface area contributed by atoms with Gasteiger partial charge in [0, 0.05) is 12.7 Å². The Morgan fingerprint density at radius 1 is 1.40 bits per heavy atom. The number of urea groups is 1. The van der Waals surface area contributed by atoms with Crippen molar-refractivity contribution in [2.45, 2.75) is 39.5 Å². The Labute approximate surface area is 92.3 Å². The lowest BCUT2D eigenvalue weighted by Gasteiger charge is -2.07. The standard InChI is InChI=1S/C12H22N2O/c1-10(2)9-14-12(15)13-8-7-11-5-3-4-6-11/h7-8,10-11H,3-6,9H2,1-2H3,(H2,13,14,15)/b8-7+. The van der Waals surface area contributed by atoms with Crippen molar-refractivity contribution in [3.05, 3.63) is 12.3 Å². The maximum Gasteiger partial charge on any atom is 0.318 e. The lowest BCUT2D eigenvalue weighted by Crippen LogP contribution is -2.34. The Hall–Kier alpha value is -0.990. The summed E-state index contributed by atoms with van der Waals surface area (Å²) in [6.45, 7) is 4.88. The minimum Gasteiger partial charge on any atom is -0.338 e. The average molecular weight is 210 g/mol. The van der Waals surface area contributed by atoms with Gasteiger partial charge in [0.1, 0.15) is 0 Å². The molecule has 0 bridgehead atoms. The fourth-order valence-corrected chi connectivity index (χ4v) is 1.76. The minimum atomic E-state index is -0.0991. The molecule has 1 aliphatic carbocycles. The van der Waals surface area contributed by atoms with Gasteiger partial charge in [-0.25, -0.2) is 4.79 Å². The average Bonchev–Trinajstić information content (AvgIpc) is 2.67. The Bertz CT molecular complexity index is 218. The van der Waals surface area contributed by atoms with Crippen LogP contribution < -0.4 is 10.6 Å². The zero-order valence-electron chi connectivity index (χ0n) is 9.75. The third-order valence-corrected chi connectivity index (χ3v) is 2.65. The second-order valence-electron chi connectivity index (χ2n) is 4.65. The fraction of sp³-hybridized carbons (Fsp3) is 0.750. The predicted molar refractivity (Wildman–Crippen MR) is 62.5 cm³/mol. The quantitative estimate of drug-likeness (QED) is 0.736. The molecule has 15 heavy (non-hydrogen) atoms. The maximum atomic E-state index is 11.2. The highest BCUT2D eigenvalue weighted by atomic mass is 16.2. The molecule has 0 aromatic heterocycles. The van der Waals surface area contributed by atoms with Gasteiger partial charge in [0.25, 0.3) is 0 Å². The lowest BCUT2D eigenvalue weighted by molar-refractivity contribution is 0.243. The minimum absolute atomic E-state index is 0.0991. The summed E-state index contributed by atoms with van der Waals surface area (Å²) >= 11 is 0. The molecule has 1 saturated carbocycles. The Balaban J connectivity index is 2.10. The van der Waals surface area contributed by atoms with Crippen molar-refractivity contribution in [2.24, 2.45) is 11.8 Å². The number of hydrogen-bond donors (Lipinski definition) is 2. The molecule has 3 nitrogen and oxygen atoms in total. The van der Waals surface area contributed by atoms with Gasteiger partial charge in [0.05, 0.1) is 0 Å². The number of rotatable bonds is 4. The van der Waals surface area contributed by atoms with E-state index in [2.05, 4.69) is 30.6 Å². The van der Waals surface area contributed by atoms with Crippen LogP contribution in [-0.2, 0) is 0 Å². The van der Waals surface area contributed by atoms with E-state index < -0.39 is 0 Å². The van der Waals surface area contributed by atoms with Crippen LogP contribution in [0.5, 0.6) is 0 Å². The van der Waals surface area contributed by atoms with Crippen LogP contribution >= 0.6 is 0 Å². The summed E-state index contributed by atoms with van der Waals surface area (Å²) in [6.07, 6.45) is 9.09. The van der Waals surface area contributed by atoms with Gasteiger partial charge in [0.2, 0.25) is 0 Å². The van der Waals surface area contributed by atoms with Gasteiger partial charge in [0.15, 0.2) is 0 Å². The van der Waals surface area contributed by atoms with Crippen molar-refractivity contribution >= 4 is 6.03 Å². The normalized spacial score (nSPS) is 17.5. The summed E-state index contributed by atoms with van der Waals surface area (Å²) in [7, 11) is 0. The van der Waals surface area contributed by atoms with E-state index in [1.54, 1.807) is 6.20 Å². The fourth-order valence-electron chi connectivity index (χ4n) is 1.76. The van der Waals surface area contributed by atoms with Gasteiger partial charge >= 0.3 is 6.03 Å². The summed E-state index contributed by atoms with van der Waals surface area (Å²) in [4.78, 5) is 11.2. The number of amides is 2. The first-order valence-corrected chi connectivity index (χ1v) is 5.89. The topological polar surface area (TPSA) is 41.1 Å². The lowest BCUT2D eigenvalue weighted by atomic mass is 10.1. The smallest absolute Gasteiger partial charge is 0.318 e. The van der Waals surface area contributed by atoms with E-state index in [9.17, 15) is 4.79 Å². The molecule has 86 valence electrons. The molecule has 1 rings (SSSR count). The summed E-state index contributed by atoms with van der Waals surface area (Å²) in [5, 5.41) is 5.54. The number of carbonyl (C=O) groups is 1. The predicted octanol–water partition coefficient (Wildman–Crippen LogP) is 2.65. The Morgan fingerprint density at radius 3 is 2.67 bits per heavy atom. The number of carbonyl (C=O) groups excluding carboxylic acids is 1. The van der Waals surface area contributed by atoms with Crippen LogP contribution in [0.3, 0.4) is 0 Å². The van der Waals surface area contributed by atoms with Crippen LogP contribution in [0.1, 0.15) is 39.5 Å². The van der Waals surface area contributed by atoms with Crippen molar-refractivity contribution < 1.29 is 4.79 Å². The van der Waals surface area contributed by atoms with E-state index >= 15 is 0 Å². The van der Waals surface area contributed by atoms with Crippen LogP contribution in [-0.4, -0.2) is 12.6 Å². The van der Waals surface area contributed by atoms with Gasteiger partial charge in [-0.2, -0.15) is 0 Å². The molecule has 1 fully saturated rings. The van der Waals surface area contributed by atoms with Crippen LogP contribution in [0.2, 0.25) is 0 Å². The summed E-state index contributed by atoms with van der Waals surface area (Å²) in [5.74, 6) is 1.17. The van der Waals surface area contributed by atoms with Gasteiger partial charge in [-0.05, 0) is 24.7 Å². The first kappa shape index (κ1) is 12.1. The second kappa shape index (κ2) is 6.49. The van der Waals surface area contributed by atoms with E-state index in [1.165, 1.54) is 25.7 Å². The zero-order chi connectivity index (χ0) is 11.1. The molecular weight excluding hydrogens is 188 g/mol. The van der Waals surface area contributed by atoms with Crippen molar-refractivity contribution in [1.82, 2.24) is 10.6 Å². The molecule has 0 heterocycles. The number of nitrogens with one attached hydrogen (secondary N) is 2. The van der Waals surface area contributed by atoms with E-state index in [4.69, 9.17) is 0 Å². The van der Waals surface area contributed by atoms with E-state index in [0.29, 0.717) is 11.8 Å². The number of hydrogen-bond acceptors (Lipinski definition) is 1. The molecule has 0 aliphatic heterocycles. The van der Waals surface area contributed by atoms with Crippen LogP contribution in [0.4, 0.5) is 4.79 Å². The maximum absolute atomic E-state index is 11.2. The molecule has 2 amide bonds. The SMILES string of the molecule is CC(C)CNC(=O)N/C=C/C1CCCC1. The summed E-state index contributed by atoms with van der Waals surface area (Å²) in [5.41, 5.74) is 0. The highest BCUT2D eigenvalue weighted by Gasteiger charge is 2.11. The monoisotopic (exact) mass is 210 g/mol. The Morgan fingerprint density at radius 2 is 2.07 bits per heavy atom. The molecule has 0 spiro atoms. The molecule has 0 unspecified atom stereocenters. The molecule has 0 saturated heterocycles. The highest BCUT2D eigenvalue weighted by Crippen LogP contribution is 2.25. The summed E-state index contributed by atoms with van der Waals surface area (Å²) < 4.78 is 0. The third-order valence-electron chi connectivity index (χ3n) is 2.65. The van der Waals surface area contributed by atoms with Gasteiger partial charge in [-0.3, -0.25) is 0 Å². The first-order valence-electron chi connectivity index (χ1n) is 5.89. The molecule has 0 aromatic rings. The van der Waals surface area contributed by atoms with Gasteiger partial charge < -0.3 is 10.6 Å². The molecule has 2 N–H and O–H groups in total. The molecule has 1 aliphatic rings. The van der Waals surface area contributed by atoms with Crippen LogP contribution in [0.25, 0.3) is 0 Å². The number of allylic oxidation sites excluding steroid dienone is 1. The molecule has 3 heteroatoms. The van der Waals surface area contributed by atoms with Gasteiger partial charge in [-0.1, -0.05) is 32.8 Å². The van der Waals surface area contributed by atoms with E-state index in [0.717, 1.165) is 6.54 Å². The molecule has 0 radical (unpaired) electrons. The van der Waals surface area contributed by atoms with Crippen molar-refractivity contribution in [3.63, 3.8) is 0 Å². The molecule has 0 atom stereocenters. The highest BCUT2D eigenvalue weighted by molar-refractivity contribution is 5.74. The van der Waals surface area contributed by atoms with Crippen molar-refractivity contribution in [2.75, 3.05) is 6.54 Å². The van der Waals surface area contributed by atoms with Crippen LogP contribution in [0, 0.1) is 11.8 Å². The zero-order valence-corrected chi connectivity index (χ0v) is 9.75. The largest absolute Gasteiger partial charge is 0.338 e. The van der Waals surface area contributed by atoms with E-state index in [1.807, 2.05) is 0 Å². The van der Waals surface area contributed by atoms with Crippen molar-refractivity contribution in [3.8, 4) is 0 Å². The van der Waals surface area contributed by atoms with E-state index in [-0.39, 0.29) is 6.03 Å². The first-order chi connectivity index (χ1) is 7.18. The molecular formula is C12H22N2O. The Kier molecular flexibility index (Phi) is 5.22.